The minimum Gasteiger partial charge on any atom is -0.337 e. The molecule has 16 heavy (non-hydrogen) atoms. The Balaban J connectivity index is 0.00000128. The number of halogens is 1. The lowest BCUT2D eigenvalue weighted by molar-refractivity contribution is -0.141. The van der Waals surface area contributed by atoms with Crippen LogP contribution in [0, 0.1) is 5.92 Å². The minimum atomic E-state index is 0. The highest BCUT2D eigenvalue weighted by molar-refractivity contribution is 5.85. The number of hydrogen-bond acceptors (Lipinski definition) is 2. The molecule has 2 saturated heterocycles. The molecule has 1 amide bonds. The fourth-order valence-electron chi connectivity index (χ4n) is 2.93. The fourth-order valence-corrected chi connectivity index (χ4v) is 2.93. The normalized spacial score (nSPS) is 34.6. The zero-order chi connectivity index (χ0) is 10.8. The molecule has 2 aliphatic heterocycles. The second-order valence-electron chi connectivity index (χ2n) is 5.06. The molecule has 1 N–H and O–H groups in total. The molecule has 0 aliphatic carbocycles. The van der Waals surface area contributed by atoms with Gasteiger partial charge >= 0.3 is 0 Å². The molecule has 2 aliphatic rings. The van der Waals surface area contributed by atoms with Crippen LogP contribution in [0.4, 0.5) is 0 Å². The first-order valence-corrected chi connectivity index (χ1v) is 6.23. The van der Waals surface area contributed by atoms with E-state index in [9.17, 15) is 4.79 Å². The van der Waals surface area contributed by atoms with Crippen molar-refractivity contribution in [1.29, 1.82) is 0 Å². The maximum absolute atomic E-state index is 12.3. The van der Waals surface area contributed by atoms with Gasteiger partial charge in [-0.05, 0) is 46.1 Å². The van der Waals surface area contributed by atoms with E-state index in [4.69, 9.17) is 0 Å². The topological polar surface area (TPSA) is 32.3 Å². The van der Waals surface area contributed by atoms with Gasteiger partial charge in [0.1, 0.15) is 0 Å². The van der Waals surface area contributed by atoms with Crippen LogP contribution in [0.15, 0.2) is 0 Å². The Kier molecular flexibility index (Phi) is 5.06. The van der Waals surface area contributed by atoms with Crippen molar-refractivity contribution >= 4 is 18.3 Å². The third-order valence-corrected chi connectivity index (χ3v) is 3.86. The molecule has 3 unspecified atom stereocenters. The minimum absolute atomic E-state index is 0. The third-order valence-electron chi connectivity index (χ3n) is 3.86. The molecule has 0 bridgehead atoms. The summed E-state index contributed by atoms with van der Waals surface area (Å²) in [5.74, 6) is 0.632. The first-order chi connectivity index (χ1) is 7.20. The van der Waals surface area contributed by atoms with Gasteiger partial charge in [-0.15, -0.1) is 12.4 Å². The predicted molar refractivity (Wildman–Crippen MR) is 67.8 cm³/mol. The molecule has 3 nitrogen and oxygen atoms in total. The lowest BCUT2D eigenvalue weighted by Crippen LogP contribution is -2.50. The number of piperidine rings is 1. The summed E-state index contributed by atoms with van der Waals surface area (Å²) in [6.07, 6.45) is 4.65. The Bertz CT molecular complexity index is 231. The highest BCUT2D eigenvalue weighted by atomic mass is 35.5. The zero-order valence-corrected chi connectivity index (χ0v) is 11.1. The monoisotopic (exact) mass is 246 g/mol. The van der Waals surface area contributed by atoms with E-state index in [1.807, 2.05) is 0 Å². The van der Waals surface area contributed by atoms with E-state index in [0.717, 1.165) is 19.5 Å². The van der Waals surface area contributed by atoms with E-state index in [-0.39, 0.29) is 18.3 Å². The van der Waals surface area contributed by atoms with Crippen molar-refractivity contribution in [3.05, 3.63) is 0 Å². The van der Waals surface area contributed by atoms with Crippen molar-refractivity contribution in [2.24, 2.45) is 5.92 Å². The SMILES string of the molecule is CC1CCCC(C)N1C(=O)C1CCNC1.Cl. The molecule has 2 heterocycles. The number of hydrogen-bond donors (Lipinski definition) is 1. The third kappa shape index (κ3) is 2.69. The summed E-state index contributed by atoms with van der Waals surface area (Å²) in [6, 6.07) is 0.892. The van der Waals surface area contributed by atoms with Crippen molar-refractivity contribution in [2.75, 3.05) is 13.1 Å². The van der Waals surface area contributed by atoms with Gasteiger partial charge in [-0.2, -0.15) is 0 Å². The molecule has 0 aromatic rings. The quantitative estimate of drug-likeness (QED) is 0.766. The molecule has 2 rings (SSSR count). The summed E-state index contributed by atoms with van der Waals surface area (Å²) >= 11 is 0. The van der Waals surface area contributed by atoms with E-state index in [1.54, 1.807) is 0 Å². The maximum atomic E-state index is 12.3. The number of rotatable bonds is 1. The van der Waals surface area contributed by atoms with Gasteiger partial charge in [-0.25, -0.2) is 0 Å². The van der Waals surface area contributed by atoms with E-state index >= 15 is 0 Å². The molecule has 0 radical (unpaired) electrons. The molecule has 3 atom stereocenters. The largest absolute Gasteiger partial charge is 0.337 e. The van der Waals surface area contributed by atoms with Crippen molar-refractivity contribution in [1.82, 2.24) is 10.2 Å². The number of carbonyl (C=O) groups is 1. The average Bonchev–Trinajstić information content (AvgIpc) is 2.69. The molecular formula is C12H23ClN2O. The van der Waals surface area contributed by atoms with Gasteiger partial charge in [0.25, 0.3) is 0 Å². The van der Waals surface area contributed by atoms with Gasteiger partial charge in [0.2, 0.25) is 5.91 Å². The smallest absolute Gasteiger partial charge is 0.227 e. The summed E-state index contributed by atoms with van der Waals surface area (Å²) in [4.78, 5) is 14.4. The average molecular weight is 247 g/mol. The Morgan fingerprint density at radius 3 is 2.31 bits per heavy atom. The molecule has 94 valence electrons. The van der Waals surface area contributed by atoms with E-state index in [0.29, 0.717) is 18.0 Å². The van der Waals surface area contributed by atoms with E-state index in [1.165, 1.54) is 19.3 Å². The number of nitrogens with one attached hydrogen (secondary N) is 1. The van der Waals surface area contributed by atoms with Crippen LogP contribution in [-0.2, 0) is 4.79 Å². The highest BCUT2D eigenvalue weighted by Crippen LogP contribution is 2.25. The molecular weight excluding hydrogens is 224 g/mol. The van der Waals surface area contributed by atoms with Gasteiger partial charge in [0, 0.05) is 18.6 Å². The van der Waals surface area contributed by atoms with Crippen molar-refractivity contribution in [2.45, 2.75) is 51.6 Å². The number of amides is 1. The molecule has 0 spiro atoms. The van der Waals surface area contributed by atoms with Crippen molar-refractivity contribution < 1.29 is 4.79 Å². The van der Waals surface area contributed by atoms with E-state index < -0.39 is 0 Å². The fraction of sp³-hybridized carbons (Fsp3) is 0.917. The summed E-state index contributed by atoms with van der Waals surface area (Å²) in [7, 11) is 0. The second-order valence-corrected chi connectivity index (χ2v) is 5.06. The van der Waals surface area contributed by atoms with Crippen LogP contribution >= 0.6 is 12.4 Å². The summed E-state index contributed by atoms with van der Waals surface area (Å²) in [5.41, 5.74) is 0. The number of nitrogens with zero attached hydrogens (tertiary/aromatic N) is 1. The second kappa shape index (κ2) is 5.87. The van der Waals surface area contributed by atoms with Crippen LogP contribution in [0.1, 0.15) is 39.5 Å². The Labute approximate surface area is 104 Å². The first kappa shape index (κ1) is 13.8. The lowest BCUT2D eigenvalue weighted by Gasteiger charge is -2.40. The van der Waals surface area contributed by atoms with Gasteiger partial charge in [0.15, 0.2) is 0 Å². The standard InChI is InChI=1S/C12H22N2O.ClH/c1-9-4-3-5-10(2)14(9)12(15)11-6-7-13-8-11;/h9-11,13H,3-8H2,1-2H3;1H. The van der Waals surface area contributed by atoms with E-state index in [2.05, 4.69) is 24.1 Å². The molecule has 4 heteroatoms. The summed E-state index contributed by atoms with van der Waals surface area (Å²) in [6.45, 7) is 6.27. The maximum Gasteiger partial charge on any atom is 0.227 e. The molecule has 0 aromatic carbocycles. The first-order valence-electron chi connectivity index (χ1n) is 6.23. The van der Waals surface area contributed by atoms with Gasteiger partial charge in [-0.3, -0.25) is 4.79 Å². The predicted octanol–water partition coefficient (Wildman–Crippen LogP) is 1.81. The van der Waals surface area contributed by atoms with Crippen molar-refractivity contribution in [3.8, 4) is 0 Å². The summed E-state index contributed by atoms with van der Waals surface area (Å²) in [5, 5.41) is 3.27. The van der Waals surface area contributed by atoms with Crippen LogP contribution in [0.3, 0.4) is 0 Å². The number of carbonyl (C=O) groups excluding carboxylic acids is 1. The Morgan fingerprint density at radius 1 is 1.19 bits per heavy atom. The molecule has 0 aromatic heterocycles. The van der Waals surface area contributed by atoms with Gasteiger partial charge in [0.05, 0.1) is 5.92 Å². The Hall–Kier alpha value is -0.280. The highest BCUT2D eigenvalue weighted by Gasteiger charge is 2.34. The zero-order valence-electron chi connectivity index (χ0n) is 10.2. The van der Waals surface area contributed by atoms with Gasteiger partial charge < -0.3 is 10.2 Å². The van der Waals surface area contributed by atoms with Crippen molar-refractivity contribution in [3.63, 3.8) is 0 Å². The van der Waals surface area contributed by atoms with Crippen LogP contribution in [0.2, 0.25) is 0 Å². The number of likely N-dealkylation sites (tertiary alicyclic amines) is 1. The Morgan fingerprint density at radius 2 is 1.81 bits per heavy atom. The lowest BCUT2D eigenvalue weighted by atomic mass is 9.95. The summed E-state index contributed by atoms with van der Waals surface area (Å²) < 4.78 is 0. The van der Waals surface area contributed by atoms with Crippen LogP contribution in [0.25, 0.3) is 0 Å². The van der Waals surface area contributed by atoms with Crippen LogP contribution in [0.5, 0.6) is 0 Å². The molecule has 2 fully saturated rings. The van der Waals surface area contributed by atoms with Crippen LogP contribution < -0.4 is 5.32 Å². The van der Waals surface area contributed by atoms with Gasteiger partial charge in [-0.1, -0.05) is 0 Å². The van der Waals surface area contributed by atoms with Crippen LogP contribution in [-0.4, -0.2) is 36.0 Å². The molecule has 0 saturated carbocycles.